The van der Waals surface area contributed by atoms with Gasteiger partial charge in [-0.15, -0.1) is 0 Å². The number of ketones is 1. The number of hydrogen-bond donors (Lipinski definition) is 1. The SMILES string of the molecule is C=C(NCCCCCCCCC)C(C)(C)CCCCCC(CCCCCC(C)(C)CCCCCCCCC)CC(=O)CCN(C)C. The summed E-state index contributed by atoms with van der Waals surface area (Å²) in [6.07, 6.45) is 34.9. The van der Waals surface area contributed by atoms with E-state index in [1.54, 1.807) is 0 Å². The first kappa shape index (κ1) is 45.2. The molecule has 0 aliphatic heterocycles. The Morgan fingerprint density at radius 2 is 1.07 bits per heavy atom. The van der Waals surface area contributed by atoms with Crippen LogP contribution in [-0.4, -0.2) is 37.9 Å². The zero-order valence-electron chi connectivity index (χ0n) is 33.1. The molecule has 0 bridgehead atoms. The number of rotatable bonds is 35. The third kappa shape index (κ3) is 28.2. The minimum Gasteiger partial charge on any atom is -0.388 e. The first-order valence-electron chi connectivity index (χ1n) is 20.5. The van der Waals surface area contributed by atoms with Crippen LogP contribution in [0.15, 0.2) is 12.3 Å². The van der Waals surface area contributed by atoms with Gasteiger partial charge in [0.05, 0.1) is 0 Å². The van der Waals surface area contributed by atoms with E-state index in [-0.39, 0.29) is 5.41 Å². The summed E-state index contributed by atoms with van der Waals surface area (Å²) in [5.41, 5.74) is 1.84. The van der Waals surface area contributed by atoms with Gasteiger partial charge in [0.15, 0.2) is 0 Å². The summed E-state index contributed by atoms with van der Waals surface area (Å²) in [6.45, 7) is 20.6. The molecule has 0 saturated carbocycles. The van der Waals surface area contributed by atoms with Crippen molar-refractivity contribution in [3.05, 3.63) is 12.3 Å². The molecular weight excluding hydrogens is 560 g/mol. The van der Waals surface area contributed by atoms with Crippen molar-refractivity contribution in [3.63, 3.8) is 0 Å². The normalized spacial score (nSPS) is 13.0. The second kappa shape index (κ2) is 29.1. The van der Waals surface area contributed by atoms with Crippen LogP contribution in [-0.2, 0) is 4.79 Å². The number of allylic oxidation sites excluding steroid dienone is 1. The average molecular weight is 647 g/mol. The van der Waals surface area contributed by atoms with Crippen LogP contribution in [0, 0.1) is 16.7 Å². The van der Waals surface area contributed by atoms with Crippen LogP contribution in [0.3, 0.4) is 0 Å². The monoisotopic (exact) mass is 647 g/mol. The lowest BCUT2D eigenvalue weighted by atomic mass is 9.81. The second-order valence-electron chi connectivity index (χ2n) is 16.8. The van der Waals surface area contributed by atoms with Gasteiger partial charge in [0.1, 0.15) is 5.78 Å². The number of unbranched alkanes of at least 4 members (excludes halogenated alkanes) is 16. The molecule has 0 radical (unpaired) electrons. The third-order valence-electron chi connectivity index (χ3n) is 10.6. The molecule has 46 heavy (non-hydrogen) atoms. The van der Waals surface area contributed by atoms with E-state index in [1.807, 2.05) is 0 Å². The molecule has 0 rings (SSSR count). The summed E-state index contributed by atoms with van der Waals surface area (Å²) >= 11 is 0. The van der Waals surface area contributed by atoms with Gasteiger partial charge in [-0.2, -0.15) is 0 Å². The maximum absolute atomic E-state index is 12.8. The van der Waals surface area contributed by atoms with E-state index in [1.165, 1.54) is 166 Å². The van der Waals surface area contributed by atoms with Gasteiger partial charge >= 0.3 is 0 Å². The van der Waals surface area contributed by atoms with Gasteiger partial charge in [0, 0.05) is 37.0 Å². The number of carbonyl (C=O) groups excluding carboxylic acids is 1. The molecule has 3 nitrogen and oxygen atoms in total. The van der Waals surface area contributed by atoms with Crippen LogP contribution in [0.2, 0.25) is 0 Å². The standard InChI is InChI=1S/C43H86N2O/c1-10-12-14-16-18-20-26-33-42(4,5)34-27-22-24-30-40(38-41(46)32-37-45(8)9)31-25-23-28-35-43(6,7)39(3)44-36-29-21-19-17-15-13-11-2/h40,44H,3,10-38H2,1-2,4-9H3. The average Bonchev–Trinajstić information content (AvgIpc) is 3.00. The summed E-state index contributed by atoms with van der Waals surface area (Å²) in [7, 11) is 4.14. The highest BCUT2D eigenvalue weighted by Crippen LogP contribution is 2.32. The lowest BCUT2D eigenvalue weighted by molar-refractivity contribution is -0.120. The zero-order chi connectivity index (χ0) is 34.5. The molecule has 3 heteroatoms. The topological polar surface area (TPSA) is 32.3 Å². The van der Waals surface area contributed by atoms with Crippen molar-refractivity contribution in [2.24, 2.45) is 16.7 Å². The van der Waals surface area contributed by atoms with Crippen molar-refractivity contribution in [1.82, 2.24) is 10.2 Å². The van der Waals surface area contributed by atoms with Crippen LogP contribution < -0.4 is 5.32 Å². The predicted molar refractivity (Wildman–Crippen MR) is 208 cm³/mol. The first-order chi connectivity index (χ1) is 21.9. The van der Waals surface area contributed by atoms with Gasteiger partial charge in [0.2, 0.25) is 0 Å². The zero-order valence-corrected chi connectivity index (χ0v) is 33.1. The number of carbonyl (C=O) groups is 1. The maximum Gasteiger partial charge on any atom is 0.134 e. The Kier molecular flexibility index (Phi) is 28.6. The van der Waals surface area contributed by atoms with E-state index < -0.39 is 0 Å². The Morgan fingerprint density at radius 3 is 1.57 bits per heavy atom. The predicted octanol–water partition coefficient (Wildman–Crippen LogP) is 13.5. The van der Waals surface area contributed by atoms with Crippen LogP contribution >= 0.6 is 0 Å². The highest BCUT2D eigenvalue weighted by molar-refractivity contribution is 5.78. The first-order valence-corrected chi connectivity index (χ1v) is 20.5. The fraction of sp³-hybridized carbons (Fsp3) is 0.930. The van der Waals surface area contributed by atoms with Crippen molar-refractivity contribution >= 4 is 5.78 Å². The van der Waals surface area contributed by atoms with Gasteiger partial charge in [-0.1, -0.05) is 183 Å². The lowest BCUT2D eigenvalue weighted by Gasteiger charge is -2.28. The molecule has 0 aromatic carbocycles. The number of nitrogens with one attached hydrogen (secondary N) is 1. The molecule has 274 valence electrons. The van der Waals surface area contributed by atoms with Gasteiger partial charge in [-0.25, -0.2) is 0 Å². The molecule has 0 aliphatic rings. The van der Waals surface area contributed by atoms with E-state index in [0.29, 0.717) is 23.5 Å². The molecule has 0 heterocycles. The molecule has 1 N–H and O–H groups in total. The van der Waals surface area contributed by atoms with Crippen molar-refractivity contribution < 1.29 is 4.79 Å². The van der Waals surface area contributed by atoms with E-state index in [0.717, 1.165) is 19.5 Å². The summed E-state index contributed by atoms with van der Waals surface area (Å²) in [5, 5.41) is 3.65. The Morgan fingerprint density at radius 1 is 0.630 bits per heavy atom. The van der Waals surface area contributed by atoms with Crippen LogP contribution in [0.5, 0.6) is 0 Å². The fourth-order valence-electron chi connectivity index (χ4n) is 6.91. The molecular formula is C43H86N2O. The van der Waals surface area contributed by atoms with Crippen molar-refractivity contribution in [2.75, 3.05) is 27.2 Å². The van der Waals surface area contributed by atoms with E-state index in [9.17, 15) is 4.79 Å². The Bertz CT molecular complexity index is 710. The Hall–Kier alpha value is -0.830. The minimum absolute atomic E-state index is 0.144. The number of Topliss-reactive ketones (excluding diaryl/α,β-unsaturated/α-hetero) is 1. The Labute approximate surface area is 291 Å². The van der Waals surface area contributed by atoms with Gasteiger partial charge < -0.3 is 10.2 Å². The molecule has 0 saturated heterocycles. The molecule has 0 fully saturated rings. The molecule has 0 aliphatic carbocycles. The summed E-state index contributed by atoms with van der Waals surface area (Å²) in [4.78, 5) is 15.0. The summed E-state index contributed by atoms with van der Waals surface area (Å²) in [6, 6.07) is 0. The summed E-state index contributed by atoms with van der Waals surface area (Å²) in [5.74, 6) is 1.04. The highest BCUT2D eigenvalue weighted by Gasteiger charge is 2.22. The maximum atomic E-state index is 12.8. The van der Waals surface area contributed by atoms with Gasteiger partial charge in [-0.3, -0.25) is 4.79 Å². The van der Waals surface area contributed by atoms with Crippen molar-refractivity contribution in [3.8, 4) is 0 Å². The van der Waals surface area contributed by atoms with Gasteiger partial charge in [0.25, 0.3) is 0 Å². The van der Waals surface area contributed by atoms with E-state index >= 15 is 0 Å². The molecule has 0 aromatic rings. The highest BCUT2D eigenvalue weighted by atomic mass is 16.1. The second-order valence-corrected chi connectivity index (χ2v) is 16.8. The van der Waals surface area contributed by atoms with Crippen molar-refractivity contribution in [1.29, 1.82) is 0 Å². The number of nitrogens with zero attached hydrogens (tertiary/aromatic N) is 1. The fourth-order valence-corrected chi connectivity index (χ4v) is 6.91. The van der Waals surface area contributed by atoms with Gasteiger partial charge in [-0.05, 0) is 51.1 Å². The molecule has 0 amide bonds. The smallest absolute Gasteiger partial charge is 0.134 e. The molecule has 1 unspecified atom stereocenters. The quantitative estimate of drug-likeness (QED) is 0.0695. The molecule has 1 atom stereocenters. The lowest BCUT2D eigenvalue weighted by Crippen LogP contribution is -2.27. The molecule has 0 aromatic heterocycles. The van der Waals surface area contributed by atoms with Crippen molar-refractivity contribution in [2.45, 2.75) is 215 Å². The minimum atomic E-state index is 0.144. The van der Waals surface area contributed by atoms with Crippen LogP contribution in [0.4, 0.5) is 0 Å². The van der Waals surface area contributed by atoms with Crippen LogP contribution in [0.1, 0.15) is 215 Å². The van der Waals surface area contributed by atoms with Crippen LogP contribution in [0.25, 0.3) is 0 Å². The summed E-state index contributed by atoms with van der Waals surface area (Å²) < 4.78 is 0. The Balaban J connectivity index is 4.39. The largest absolute Gasteiger partial charge is 0.388 e. The van der Waals surface area contributed by atoms with E-state index in [2.05, 4.69) is 72.4 Å². The molecule has 0 spiro atoms. The number of hydrogen-bond acceptors (Lipinski definition) is 3. The van der Waals surface area contributed by atoms with E-state index in [4.69, 9.17) is 0 Å². The third-order valence-corrected chi connectivity index (χ3v) is 10.6.